The van der Waals surface area contributed by atoms with E-state index in [0.29, 0.717) is 15.9 Å². The molecular formula is C13H15ClN2O2S2. The van der Waals surface area contributed by atoms with Crippen LogP contribution in [0.2, 0.25) is 4.47 Å². The van der Waals surface area contributed by atoms with Gasteiger partial charge in [0.15, 0.2) is 14.3 Å². The van der Waals surface area contributed by atoms with Gasteiger partial charge in [0, 0.05) is 23.0 Å². The van der Waals surface area contributed by atoms with Gasteiger partial charge in [-0.3, -0.25) is 0 Å². The summed E-state index contributed by atoms with van der Waals surface area (Å²) < 4.78 is 24.0. The van der Waals surface area contributed by atoms with Crippen molar-refractivity contribution in [2.75, 3.05) is 11.6 Å². The molecule has 0 bridgehead atoms. The Morgan fingerprint density at radius 1 is 1.30 bits per heavy atom. The number of thiazole rings is 1. The van der Waals surface area contributed by atoms with Gasteiger partial charge in [-0.1, -0.05) is 17.7 Å². The maximum atomic E-state index is 11.7. The maximum absolute atomic E-state index is 11.7. The van der Waals surface area contributed by atoms with Crippen LogP contribution in [0.15, 0.2) is 23.2 Å². The van der Waals surface area contributed by atoms with Crippen LogP contribution in [0, 0.1) is 13.8 Å². The normalized spacial score (nSPS) is 11.6. The molecule has 108 valence electrons. The number of halogens is 1. The van der Waals surface area contributed by atoms with Gasteiger partial charge >= 0.3 is 0 Å². The third kappa shape index (κ3) is 3.50. The van der Waals surface area contributed by atoms with Crippen LogP contribution in [0.1, 0.15) is 16.0 Å². The van der Waals surface area contributed by atoms with E-state index < -0.39 is 9.84 Å². The Bertz CT molecular complexity index is 739. The lowest BCUT2D eigenvalue weighted by Crippen LogP contribution is -2.05. The van der Waals surface area contributed by atoms with Crippen molar-refractivity contribution in [1.29, 1.82) is 0 Å². The van der Waals surface area contributed by atoms with Gasteiger partial charge in [-0.05, 0) is 31.0 Å². The molecule has 0 fully saturated rings. The molecule has 4 nitrogen and oxygen atoms in total. The van der Waals surface area contributed by atoms with E-state index in [1.54, 1.807) is 19.2 Å². The number of rotatable bonds is 4. The average Bonchev–Trinajstić information content (AvgIpc) is 2.72. The summed E-state index contributed by atoms with van der Waals surface area (Å²) in [4.78, 5) is 5.32. The molecule has 0 saturated carbocycles. The molecule has 2 rings (SSSR count). The molecule has 1 N–H and O–H groups in total. The van der Waals surface area contributed by atoms with E-state index in [1.165, 1.54) is 17.6 Å². The Hall–Kier alpha value is -1.11. The molecule has 0 aliphatic rings. The highest BCUT2D eigenvalue weighted by atomic mass is 35.5. The second-order valence-corrected chi connectivity index (χ2v) is 8.32. The highest BCUT2D eigenvalue weighted by Crippen LogP contribution is 2.25. The minimum absolute atomic E-state index is 0.355. The van der Waals surface area contributed by atoms with Crippen molar-refractivity contribution >= 4 is 38.5 Å². The molecule has 0 atom stereocenters. The number of sulfone groups is 1. The van der Waals surface area contributed by atoms with Gasteiger partial charge in [0.1, 0.15) is 0 Å². The molecule has 0 aliphatic carbocycles. The molecule has 1 heterocycles. The highest BCUT2D eigenvalue weighted by Gasteiger charge is 2.13. The number of aromatic nitrogens is 1. The molecular weight excluding hydrogens is 316 g/mol. The van der Waals surface area contributed by atoms with Gasteiger partial charge in [-0.15, -0.1) is 11.3 Å². The molecule has 7 heteroatoms. The molecule has 0 unspecified atom stereocenters. The Kier molecular flexibility index (Phi) is 4.36. The number of anilines is 1. The number of aryl methyl sites for hydroxylation is 2. The van der Waals surface area contributed by atoms with Gasteiger partial charge in [0.05, 0.1) is 11.4 Å². The first-order chi connectivity index (χ1) is 9.27. The summed E-state index contributed by atoms with van der Waals surface area (Å²) in [5.41, 5.74) is 2.57. The zero-order valence-electron chi connectivity index (χ0n) is 11.4. The van der Waals surface area contributed by atoms with E-state index in [9.17, 15) is 8.42 Å². The van der Waals surface area contributed by atoms with Crippen LogP contribution in [0.5, 0.6) is 0 Å². The number of nitrogens with zero attached hydrogens (tertiary/aromatic N) is 1. The summed E-state index contributed by atoms with van der Waals surface area (Å²) in [5, 5.41) is 3.23. The van der Waals surface area contributed by atoms with Crippen LogP contribution < -0.4 is 5.32 Å². The molecule has 20 heavy (non-hydrogen) atoms. The monoisotopic (exact) mass is 330 g/mol. The van der Waals surface area contributed by atoms with Crippen molar-refractivity contribution in [2.24, 2.45) is 0 Å². The fourth-order valence-electron chi connectivity index (χ4n) is 1.97. The van der Waals surface area contributed by atoms with Gasteiger partial charge in [-0.25, -0.2) is 13.4 Å². The standard InChI is InChI=1S/C13H15ClN2O2S2/c1-8-4-9(2)12(20(3,17)18)5-11(8)15-6-10-7-16-13(14)19-10/h4-5,7,15H,6H2,1-3H3. The summed E-state index contributed by atoms with van der Waals surface area (Å²) >= 11 is 7.18. The first-order valence-corrected chi connectivity index (χ1v) is 9.01. The lowest BCUT2D eigenvalue weighted by atomic mass is 10.1. The lowest BCUT2D eigenvalue weighted by Gasteiger charge is -2.12. The van der Waals surface area contributed by atoms with Crippen LogP contribution in [-0.2, 0) is 16.4 Å². The molecule has 0 radical (unpaired) electrons. The first-order valence-electron chi connectivity index (χ1n) is 5.93. The van der Waals surface area contributed by atoms with Crippen molar-refractivity contribution in [3.05, 3.63) is 38.8 Å². The van der Waals surface area contributed by atoms with Crippen LogP contribution in [0.4, 0.5) is 5.69 Å². The second kappa shape index (κ2) is 5.71. The Labute approximate surface area is 127 Å². The smallest absolute Gasteiger partial charge is 0.183 e. The predicted molar refractivity (Wildman–Crippen MR) is 83.5 cm³/mol. The summed E-state index contributed by atoms with van der Waals surface area (Å²) in [6.07, 6.45) is 2.93. The Morgan fingerprint density at radius 2 is 2.00 bits per heavy atom. The van der Waals surface area contributed by atoms with E-state index >= 15 is 0 Å². The van der Waals surface area contributed by atoms with Crippen LogP contribution >= 0.6 is 22.9 Å². The van der Waals surface area contributed by atoms with Crippen molar-refractivity contribution < 1.29 is 8.42 Å². The molecule has 1 aromatic heterocycles. The molecule has 0 aliphatic heterocycles. The van der Waals surface area contributed by atoms with E-state index in [0.717, 1.165) is 21.7 Å². The van der Waals surface area contributed by atoms with E-state index in [2.05, 4.69) is 10.3 Å². The number of benzene rings is 1. The summed E-state index contributed by atoms with van der Waals surface area (Å²) in [6, 6.07) is 3.56. The third-order valence-corrected chi connectivity index (χ3v) is 5.25. The average molecular weight is 331 g/mol. The van der Waals surface area contributed by atoms with E-state index in [4.69, 9.17) is 11.6 Å². The predicted octanol–water partition coefficient (Wildman–Crippen LogP) is 3.43. The molecule has 0 amide bonds. The van der Waals surface area contributed by atoms with E-state index in [-0.39, 0.29) is 0 Å². The third-order valence-electron chi connectivity index (χ3n) is 2.90. The summed E-state index contributed by atoms with van der Waals surface area (Å²) in [6.45, 7) is 4.31. The van der Waals surface area contributed by atoms with Crippen LogP contribution in [0.3, 0.4) is 0 Å². The highest BCUT2D eigenvalue weighted by molar-refractivity contribution is 7.90. The van der Waals surface area contributed by atoms with Gasteiger partial charge in [0.25, 0.3) is 0 Å². The largest absolute Gasteiger partial charge is 0.380 e. The Balaban J connectivity index is 2.28. The van der Waals surface area contributed by atoms with Crippen LogP contribution in [0.25, 0.3) is 0 Å². The number of hydrogen-bond donors (Lipinski definition) is 1. The first kappa shape index (κ1) is 15.3. The molecule has 0 spiro atoms. The lowest BCUT2D eigenvalue weighted by molar-refractivity contribution is 0.601. The minimum Gasteiger partial charge on any atom is -0.380 e. The second-order valence-electron chi connectivity index (χ2n) is 4.64. The zero-order chi connectivity index (χ0) is 14.9. The minimum atomic E-state index is -3.22. The molecule has 2 aromatic rings. The fraction of sp³-hybridized carbons (Fsp3) is 0.308. The van der Waals surface area contributed by atoms with Crippen molar-refractivity contribution in [3.63, 3.8) is 0 Å². The van der Waals surface area contributed by atoms with Crippen molar-refractivity contribution in [1.82, 2.24) is 4.98 Å². The van der Waals surface area contributed by atoms with Crippen molar-refractivity contribution in [2.45, 2.75) is 25.3 Å². The summed E-state index contributed by atoms with van der Waals surface area (Å²) in [5.74, 6) is 0. The van der Waals surface area contributed by atoms with Gasteiger partial charge in [0.2, 0.25) is 0 Å². The topological polar surface area (TPSA) is 59.1 Å². The Morgan fingerprint density at radius 3 is 2.55 bits per heavy atom. The number of nitrogens with one attached hydrogen (secondary N) is 1. The molecule has 0 saturated heterocycles. The zero-order valence-corrected chi connectivity index (χ0v) is 13.8. The SMILES string of the molecule is Cc1cc(C)c(S(C)(=O)=O)cc1NCc1cnc(Cl)s1. The molecule has 1 aromatic carbocycles. The number of hydrogen-bond acceptors (Lipinski definition) is 5. The summed E-state index contributed by atoms with van der Waals surface area (Å²) in [7, 11) is -3.22. The van der Waals surface area contributed by atoms with Gasteiger partial charge < -0.3 is 5.32 Å². The quantitative estimate of drug-likeness (QED) is 0.933. The van der Waals surface area contributed by atoms with E-state index in [1.807, 2.05) is 13.0 Å². The van der Waals surface area contributed by atoms with Crippen LogP contribution in [-0.4, -0.2) is 19.7 Å². The van der Waals surface area contributed by atoms with Gasteiger partial charge in [-0.2, -0.15) is 0 Å². The maximum Gasteiger partial charge on any atom is 0.183 e. The fourth-order valence-corrected chi connectivity index (χ4v) is 3.86. The van der Waals surface area contributed by atoms with Crippen molar-refractivity contribution in [3.8, 4) is 0 Å².